The zero-order chi connectivity index (χ0) is 23.5. The maximum atomic E-state index is 12.8. The third-order valence-corrected chi connectivity index (χ3v) is 6.46. The van der Waals surface area contributed by atoms with Gasteiger partial charge in [-0.15, -0.1) is 0 Å². The van der Waals surface area contributed by atoms with Crippen LogP contribution in [0.15, 0.2) is 83.7 Å². The van der Waals surface area contributed by atoms with E-state index in [1.54, 1.807) is 16.7 Å². The summed E-state index contributed by atoms with van der Waals surface area (Å²) in [6.45, 7) is 12.0. The molecule has 6 heteroatoms. The van der Waals surface area contributed by atoms with Crippen molar-refractivity contribution in [1.82, 2.24) is 9.47 Å². The van der Waals surface area contributed by atoms with Crippen LogP contribution in [0.5, 0.6) is 0 Å². The summed E-state index contributed by atoms with van der Waals surface area (Å²) < 4.78 is 1.74. The molecule has 2 heterocycles. The Hall–Kier alpha value is -4.08. The lowest BCUT2D eigenvalue weighted by Crippen LogP contribution is -2.44. The van der Waals surface area contributed by atoms with Crippen molar-refractivity contribution in [2.75, 3.05) is 43.4 Å². The summed E-state index contributed by atoms with van der Waals surface area (Å²) in [7, 11) is 2.16. The van der Waals surface area contributed by atoms with Crippen LogP contribution in [0.2, 0.25) is 0 Å². The highest BCUT2D eigenvalue weighted by Crippen LogP contribution is 2.26. The third-order valence-electron chi connectivity index (χ3n) is 6.46. The molecule has 0 bridgehead atoms. The van der Waals surface area contributed by atoms with Gasteiger partial charge in [0.1, 0.15) is 0 Å². The molecule has 1 aromatic heterocycles. The van der Waals surface area contributed by atoms with Crippen molar-refractivity contribution < 1.29 is 0 Å². The Morgan fingerprint density at radius 1 is 0.882 bits per heavy atom. The Labute approximate surface area is 199 Å². The minimum atomic E-state index is -0.0824. The molecule has 34 heavy (non-hydrogen) atoms. The number of rotatable bonds is 5. The largest absolute Gasteiger partial charge is 0.369 e. The molecule has 1 aliphatic heterocycles. The van der Waals surface area contributed by atoms with Gasteiger partial charge in [0.25, 0.3) is 5.56 Å². The highest BCUT2D eigenvalue weighted by atomic mass is 16.1. The number of hydrogen-bond acceptors (Lipinski definition) is 4. The van der Waals surface area contributed by atoms with E-state index in [0.29, 0.717) is 12.2 Å². The number of nitrogens with one attached hydrogen (secondary N) is 1. The molecule has 1 N–H and O–H groups in total. The number of para-hydroxylation sites is 1. The second-order valence-electron chi connectivity index (χ2n) is 8.73. The number of anilines is 3. The van der Waals surface area contributed by atoms with Crippen molar-refractivity contribution in [3.63, 3.8) is 0 Å². The van der Waals surface area contributed by atoms with Gasteiger partial charge in [-0.25, -0.2) is 4.85 Å². The van der Waals surface area contributed by atoms with Crippen LogP contribution >= 0.6 is 0 Å². The zero-order valence-corrected chi connectivity index (χ0v) is 19.2. The number of aromatic nitrogens is 1. The second kappa shape index (κ2) is 9.42. The maximum Gasteiger partial charge on any atom is 0.251 e. The van der Waals surface area contributed by atoms with Crippen LogP contribution in [0.25, 0.3) is 15.7 Å². The van der Waals surface area contributed by atoms with Gasteiger partial charge in [-0.3, -0.25) is 4.79 Å². The van der Waals surface area contributed by atoms with E-state index >= 15 is 0 Å². The standard InChI is InChI=1S/C28H27N5O/c1-29-26-6-4-3-5-22(26)20-33-27-19-24(9-7-21(27)8-14-28(33)34)30-23-10-12-25(13-11-23)32-17-15-31(2)16-18-32/h3-14,19,30H,15-18,20H2,2H3. The van der Waals surface area contributed by atoms with Gasteiger partial charge in [-0.2, -0.15) is 0 Å². The second-order valence-corrected chi connectivity index (χ2v) is 8.73. The Kier molecular flexibility index (Phi) is 6.03. The molecule has 1 saturated heterocycles. The average Bonchev–Trinajstić information content (AvgIpc) is 2.87. The lowest BCUT2D eigenvalue weighted by Gasteiger charge is -2.34. The van der Waals surface area contributed by atoms with Gasteiger partial charge >= 0.3 is 0 Å². The van der Waals surface area contributed by atoms with E-state index in [0.717, 1.165) is 54.0 Å². The SMILES string of the molecule is [C-]#[N+]c1ccccc1Cn1c(=O)ccc2ccc(Nc3ccc(N4CCN(C)CC4)cc3)cc21. The molecule has 6 nitrogen and oxygen atoms in total. The summed E-state index contributed by atoms with van der Waals surface area (Å²) in [5.74, 6) is 0. The fourth-order valence-electron chi connectivity index (χ4n) is 4.44. The van der Waals surface area contributed by atoms with Crippen LogP contribution in [0, 0.1) is 6.57 Å². The Morgan fingerprint density at radius 2 is 1.59 bits per heavy atom. The molecule has 0 unspecified atom stereocenters. The van der Waals surface area contributed by atoms with Crippen LogP contribution in [-0.2, 0) is 6.54 Å². The molecule has 0 saturated carbocycles. The van der Waals surface area contributed by atoms with E-state index in [2.05, 4.69) is 51.3 Å². The molecular weight excluding hydrogens is 422 g/mol. The van der Waals surface area contributed by atoms with E-state index in [1.807, 2.05) is 42.5 Å². The Balaban J connectivity index is 1.41. The average molecular weight is 450 g/mol. The van der Waals surface area contributed by atoms with Crippen molar-refractivity contribution in [3.05, 3.63) is 106 Å². The topological polar surface area (TPSA) is 44.9 Å². The van der Waals surface area contributed by atoms with Crippen molar-refractivity contribution in [3.8, 4) is 0 Å². The van der Waals surface area contributed by atoms with E-state index < -0.39 is 0 Å². The van der Waals surface area contributed by atoms with Crippen molar-refractivity contribution >= 4 is 33.7 Å². The fourth-order valence-corrected chi connectivity index (χ4v) is 4.44. The molecule has 4 aromatic rings. The lowest BCUT2D eigenvalue weighted by molar-refractivity contribution is 0.313. The van der Waals surface area contributed by atoms with Crippen molar-refractivity contribution in [1.29, 1.82) is 0 Å². The first-order valence-electron chi connectivity index (χ1n) is 11.5. The summed E-state index contributed by atoms with van der Waals surface area (Å²) in [5, 5.41) is 4.46. The predicted molar refractivity (Wildman–Crippen MR) is 139 cm³/mol. The number of benzene rings is 3. The molecule has 1 aliphatic rings. The van der Waals surface area contributed by atoms with Gasteiger partial charge in [0, 0.05) is 55.9 Å². The number of fused-ring (bicyclic) bond motifs is 1. The number of nitrogens with zero attached hydrogens (tertiary/aromatic N) is 4. The summed E-state index contributed by atoms with van der Waals surface area (Å²) in [4.78, 5) is 21.2. The third kappa shape index (κ3) is 4.52. The van der Waals surface area contributed by atoms with Gasteiger partial charge in [0.15, 0.2) is 5.69 Å². The Bertz CT molecular complexity index is 1410. The van der Waals surface area contributed by atoms with Crippen LogP contribution in [-0.4, -0.2) is 42.7 Å². The number of pyridine rings is 1. The number of piperazine rings is 1. The molecule has 0 aliphatic carbocycles. The van der Waals surface area contributed by atoms with Crippen LogP contribution in [0.3, 0.4) is 0 Å². The predicted octanol–water partition coefficient (Wildman–Crippen LogP) is 5.10. The van der Waals surface area contributed by atoms with Crippen LogP contribution < -0.4 is 15.8 Å². The van der Waals surface area contributed by atoms with E-state index in [-0.39, 0.29) is 5.56 Å². The summed E-state index contributed by atoms with van der Waals surface area (Å²) >= 11 is 0. The first kappa shape index (κ1) is 21.7. The minimum Gasteiger partial charge on any atom is -0.369 e. The van der Waals surface area contributed by atoms with E-state index in [4.69, 9.17) is 6.57 Å². The van der Waals surface area contributed by atoms with E-state index in [9.17, 15) is 4.79 Å². The fraction of sp³-hybridized carbons (Fsp3) is 0.214. The summed E-state index contributed by atoms with van der Waals surface area (Å²) in [6.07, 6.45) is 0. The molecule has 1 fully saturated rings. The van der Waals surface area contributed by atoms with Gasteiger partial charge in [0.2, 0.25) is 0 Å². The number of hydrogen-bond donors (Lipinski definition) is 1. The highest BCUT2D eigenvalue weighted by Gasteiger charge is 2.14. The molecule has 0 radical (unpaired) electrons. The molecule has 5 rings (SSSR count). The first-order valence-corrected chi connectivity index (χ1v) is 11.5. The van der Waals surface area contributed by atoms with Crippen molar-refractivity contribution in [2.24, 2.45) is 0 Å². The maximum absolute atomic E-state index is 12.8. The molecular formula is C28H27N5O. The molecule has 0 atom stereocenters. The molecule has 0 amide bonds. The molecule has 3 aromatic carbocycles. The quantitative estimate of drug-likeness (QED) is 0.431. The lowest BCUT2D eigenvalue weighted by atomic mass is 10.1. The smallest absolute Gasteiger partial charge is 0.251 e. The van der Waals surface area contributed by atoms with E-state index in [1.165, 1.54) is 5.69 Å². The molecule has 170 valence electrons. The minimum absolute atomic E-state index is 0.0824. The van der Waals surface area contributed by atoms with Gasteiger partial charge < -0.3 is 19.7 Å². The van der Waals surface area contributed by atoms with Crippen molar-refractivity contribution in [2.45, 2.75) is 6.54 Å². The first-order chi connectivity index (χ1) is 16.6. The van der Waals surface area contributed by atoms with Gasteiger partial charge in [-0.1, -0.05) is 30.3 Å². The normalized spacial score (nSPS) is 14.2. The van der Waals surface area contributed by atoms with Crippen LogP contribution in [0.4, 0.5) is 22.7 Å². The summed E-state index contributed by atoms with van der Waals surface area (Å²) in [5.41, 5.74) is 5.32. The highest BCUT2D eigenvalue weighted by molar-refractivity contribution is 5.84. The summed E-state index contributed by atoms with van der Waals surface area (Å²) in [6, 6.07) is 25.5. The zero-order valence-electron chi connectivity index (χ0n) is 19.2. The van der Waals surface area contributed by atoms with Gasteiger partial charge in [-0.05, 0) is 60.5 Å². The van der Waals surface area contributed by atoms with Gasteiger partial charge in [0.05, 0.1) is 12.1 Å². The number of likely N-dealkylation sites (N-methyl/N-ethyl adjacent to an activating group) is 1. The van der Waals surface area contributed by atoms with Crippen LogP contribution in [0.1, 0.15) is 5.56 Å². The Morgan fingerprint density at radius 3 is 2.35 bits per heavy atom. The monoisotopic (exact) mass is 449 g/mol. The molecule has 0 spiro atoms.